The Hall–Kier alpha value is -1.25. The summed E-state index contributed by atoms with van der Waals surface area (Å²) in [6, 6.07) is 0. The second-order valence-corrected chi connectivity index (χ2v) is 5.46. The van der Waals surface area contributed by atoms with Gasteiger partial charge >= 0.3 is 12.1 Å². The summed E-state index contributed by atoms with van der Waals surface area (Å²) in [7, 11) is 0. The van der Waals surface area contributed by atoms with Gasteiger partial charge in [-0.1, -0.05) is 6.58 Å². The zero-order valence-corrected chi connectivity index (χ0v) is 11.9. The monoisotopic (exact) mass is 336 g/mol. The minimum Gasteiger partial charge on any atom is -0.456 e. The third kappa shape index (κ3) is 4.15. The molecule has 0 saturated heterocycles. The molecule has 0 radical (unpaired) electrons. The van der Waals surface area contributed by atoms with Gasteiger partial charge in [-0.25, -0.2) is 13.6 Å². The van der Waals surface area contributed by atoms with E-state index in [-0.39, 0.29) is 23.1 Å². The van der Waals surface area contributed by atoms with Crippen molar-refractivity contribution in [1.29, 1.82) is 0 Å². The number of aliphatic hydroxyl groups is 1. The second kappa shape index (κ2) is 6.89. The highest BCUT2D eigenvalue weighted by atomic mass is 19.4. The van der Waals surface area contributed by atoms with Gasteiger partial charge in [-0.15, -0.1) is 0 Å². The maximum absolute atomic E-state index is 12.8. The van der Waals surface area contributed by atoms with E-state index in [0.717, 1.165) is 0 Å². The largest absolute Gasteiger partial charge is 0.456 e. The molecule has 1 rings (SSSR count). The summed E-state index contributed by atoms with van der Waals surface area (Å²) in [4.78, 5) is 11.5. The molecule has 0 bridgehead atoms. The van der Waals surface area contributed by atoms with Crippen LogP contribution in [0.2, 0.25) is 0 Å². The van der Waals surface area contributed by atoms with E-state index in [9.17, 15) is 31.9 Å². The van der Waals surface area contributed by atoms with Crippen LogP contribution in [0.1, 0.15) is 39.0 Å². The SMILES string of the molecule is C=C(C)C(=O)OC1(CC(O)(C(F)F)C(F)(F)F)CCCC1.F. The van der Waals surface area contributed by atoms with Crippen LogP contribution < -0.4 is 0 Å². The molecule has 1 aliphatic carbocycles. The first-order valence-corrected chi connectivity index (χ1v) is 6.40. The predicted octanol–water partition coefficient (Wildman–Crippen LogP) is 3.52. The Morgan fingerprint density at radius 3 is 2.09 bits per heavy atom. The Balaban J connectivity index is 0.00000441. The lowest BCUT2D eigenvalue weighted by Crippen LogP contribution is -2.56. The van der Waals surface area contributed by atoms with Gasteiger partial charge in [0.1, 0.15) is 5.60 Å². The van der Waals surface area contributed by atoms with E-state index in [2.05, 4.69) is 6.58 Å². The summed E-state index contributed by atoms with van der Waals surface area (Å²) in [5.41, 5.74) is -5.99. The fraction of sp³-hybridized carbons (Fsp3) is 0.769. The van der Waals surface area contributed by atoms with E-state index >= 15 is 0 Å². The van der Waals surface area contributed by atoms with Crippen molar-refractivity contribution in [1.82, 2.24) is 0 Å². The minimum atomic E-state index is -5.52. The van der Waals surface area contributed by atoms with Crippen molar-refractivity contribution in [2.75, 3.05) is 0 Å². The Bertz CT molecular complexity index is 414. The van der Waals surface area contributed by atoms with Gasteiger partial charge in [0.05, 0.1) is 0 Å². The first kappa shape index (κ1) is 20.8. The number of rotatable bonds is 5. The third-order valence-electron chi connectivity index (χ3n) is 3.62. The van der Waals surface area contributed by atoms with Crippen molar-refractivity contribution in [2.45, 2.75) is 62.8 Å². The van der Waals surface area contributed by atoms with Crippen LogP contribution in [0.25, 0.3) is 0 Å². The summed E-state index contributed by atoms with van der Waals surface area (Å²) in [6.45, 7) is 4.60. The molecule has 1 unspecified atom stereocenters. The van der Waals surface area contributed by atoms with Gasteiger partial charge in [-0.2, -0.15) is 13.2 Å². The number of esters is 1. The number of ether oxygens (including phenoxy) is 1. The van der Waals surface area contributed by atoms with Gasteiger partial charge in [0.15, 0.2) is 0 Å². The van der Waals surface area contributed by atoms with Gasteiger partial charge < -0.3 is 9.84 Å². The van der Waals surface area contributed by atoms with Gasteiger partial charge in [0.25, 0.3) is 6.43 Å². The van der Waals surface area contributed by atoms with Crippen molar-refractivity contribution in [2.24, 2.45) is 0 Å². The molecule has 0 aliphatic heterocycles. The number of alkyl halides is 5. The summed E-state index contributed by atoms with van der Waals surface area (Å²) in [5.74, 6) is -0.948. The fourth-order valence-corrected chi connectivity index (χ4v) is 2.41. The lowest BCUT2D eigenvalue weighted by atomic mass is 9.85. The number of carbonyl (C=O) groups excluding carboxylic acids is 1. The van der Waals surface area contributed by atoms with E-state index in [1.165, 1.54) is 6.92 Å². The van der Waals surface area contributed by atoms with Crippen LogP contribution in [0.5, 0.6) is 0 Å². The van der Waals surface area contributed by atoms with Crippen LogP contribution in [0.4, 0.5) is 26.7 Å². The van der Waals surface area contributed by atoms with Crippen molar-refractivity contribution in [3.63, 3.8) is 0 Å². The van der Waals surface area contributed by atoms with E-state index in [4.69, 9.17) is 4.74 Å². The highest BCUT2D eigenvalue weighted by molar-refractivity contribution is 5.87. The van der Waals surface area contributed by atoms with Gasteiger partial charge in [-0.05, 0) is 32.6 Å². The van der Waals surface area contributed by atoms with Crippen LogP contribution in [0.15, 0.2) is 12.2 Å². The van der Waals surface area contributed by atoms with Crippen molar-refractivity contribution in [3.8, 4) is 0 Å². The second-order valence-electron chi connectivity index (χ2n) is 5.46. The first-order chi connectivity index (χ1) is 9.43. The Morgan fingerprint density at radius 1 is 1.32 bits per heavy atom. The lowest BCUT2D eigenvalue weighted by Gasteiger charge is -2.38. The molecule has 1 aliphatic rings. The molecule has 0 aromatic carbocycles. The van der Waals surface area contributed by atoms with Crippen LogP contribution in [0, 0.1) is 0 Å². The van der Waals surface area contributed by atoms with Crippen molar-refractivity contribution < 1.29 is 41.3 Å². The van der Waals surface area contributed by atoms with E-state index < -0.39 is 36.2 Å². The Morgan fingerprint density at radius 2 is 1.77 bits per heavy atom. The summed E-state index contributed by atoms with van der Waals surface area (Å²) in [5, 5.41) is 9.41. The molecule has 1 fully saturated rings. The molecule has 9 heteroatoms. The number of hydrogen-bond acceptors (Lipinski definition) is 3. The fourth-order valence-electron chi connectivity index (χ4n) is 2.41. The number of hydrogen-bond donors (Lipinski definition) is 1. The molecule has 0 aromatic rings. The number of halogens is 6. The predicted molar refractivity (Wildman–Crippen MR) is 66.2 cm³/mol. The molecule has 0 heterocycles. The van der Waals surface area contributed by atoms with Crippen LogP contribution >= 0.6 is 0 Å². The zero-order valence-electron chi connectivity index (χ0n) is 11.9. The summed E-state index contributed by atoms with van der Waals surface area (Å²) in [6.07, 6.45) is -10.1. The average molecular weight is 336 g/mol. The molecule has 1 atom stereocenters. The van der Waals surface area contributed by atoms with Crippen molar-refractivity contribution >= 4 is 5.97 Å². The topological polar surface area (TPSA) is 46.5 Å². The number of carbonyl (C=O) groups is 1. The zero-order chi connectivity index (χ0) is 16.5. The van der Waals surface area contributed by atoms with E-state index in [1.54, 1.807) is 0 Å². The lowest BCUT2D eigenvalue weighted by molar-refractivity contribution is -0.312. The molecule has 0 amide bonds. The van der Waals surface area contributed by atoms with Crippen LogP contribution in [-0.2, 0) is 9.53 Å². The van der Waals surface area contributed by atoms with Gasteiger partial charge in [0.2, 0.25) is 5.60 Å². The molecule has 0 spiro atoms. The van der Waals surface area contributed by atoms with Crippen LogP contribution in [0.3, 0.4) is 0 Å². The smallest absolute Gasteiger partial charge is 0.423 e. The molecule has 22 heavy (non-hydrogen) atoms. The molecule has 1 saturated carbocycles. The van der Waals surface area contributed by atoms with Crippen molar-refractivity contribution in [3.05, 3.63) is 12.2 Å². The highest BCUT2D eigenvalue weighted by Gasteiger charge is 2.64. The minimum absolute atomic E-state index is 0. The van der Waals surface area contributed by atoms with E-state index in [0.29, 0.717) is 12.8 Å². The van der Waals surface area contributed by atoms with Gasteiger partial charge in [-0.3, -0.25) is 4.70 Å². The maximum Gasteiger partial charge on any atom is 0.423 e. The first-order valence-electron chi connectivity index (χ1n) is 6.40. The standard InChI is InChI=1S/C13H17F5O3.FH/c1-8(2)9(19)21-11(5-3-4-6-11)7-12(20,10(14)15)13(16,17)18;/h10,20H,1,3-7H2,2H3;1H. The van der Waals surface area contributed by atoms with E-state index in [1.807, 2.05) is 0 Å². The normalized spacial score (nSPS) is 20.2. The summed E-state index contributed by atoms with van der Waals surface area (Å²) < 4.78 is 68.9. The quantitative estimate of drug-likeness (QED) is 0.475. The Labute approximate surface area is 123 Å². The molecular formula is C13H18F6O3. The molecular weight excluding hydrogens is 318 g/mol. The third-order valence-corrected chi connectivity index (χ3v) is 3.62. The molecule has 3 nitrogen and oxygen atoms in total. The average Bonchev–Trinajstić information content (AvgIpc) is 2.75. The molecule has 1 N–H and O–H groups in total. The summed E-state index contributed by atoms with van der Waals surface area (Å²) >= 11 is 0. The van der Waals surface area contributed by atoms with Crippen LogP contribution in [-0.4, -0.2) is 34.9 Å². The highest BCUT2D eigenvalue weighted by Crippen LogP contribution is 2.47. The molecule has 130 valence electrons. The maximum atomic E-state index is 12.8. The Kier molecular flexibility index (Phi) is 6.50. The molecule has 0 aromatic heterocycles. The van der Waals surface area contributed by atoms with Gasteiger partial charge in [0, 0.05) is 12.0 Å².